The Labute approximate surface area is 121 Å². The summed E-state index contributed by atoms with van der Waals surface area (Å²) in [6.07, 6.45) is 9.79. The lowest BCUT2D eigenvalue weighted by atomic mass is 9.84. The molecule has 3 unspecified atom stereocenters. The maximum atomic E-state index is 9.50. The molecule has 0 bridgehead atoms. The molecule has 1 aromatic rings. The molecule has 114 valence electrons. The number of nitrogens with one attached hydrogen (secondary N) is 1. The van der Waals surface area contributed by atoms with E-state index in [9.17, 15) is 5.11 Å². The number of hydrogen-bond acceptors (Lipinski definition) is 4. The number of aliphatic hydroxyl groups is 1. The molecule has 1 aromatic heterocycles. The van der Waals surface area contributed by atoms with Gasteiger partial charge < -0.3 is 16.2 Å². The monoisotopic (exact) mass is 280 g/mol. The van der Waals surface area contributed by atoms with Crippen LogP contribution in [0.15, 0.2) is 12.4 Å². The van der Waals surface area contributed by atoms with Crippen molar-refractivity contribution >= 4 is 0 Å². The van der Waals surface area contributed by atoms with Crippen LogP contribution in [0.1, 0.15) is 50.6 Å². The normalized spacial score (nSPS) is 24.8. The van der Waals surface area contributed by atoms with Crippen molar-refractivity contribution in [3.8, 4) is 0 Å². The van der Waals surface area contributed by atoms with Gasteiger partial charge in [0.05, 0.1) is 6.20 Å². The summed E-state index contributed by atoms with van der Waals surface area (Å²) < 4.78 is 1.98. The van der Waals surface area contributed by atoms with Gasteiger partial charge in [-0.15, -0.1) is 0 Å². The van der Waals surface area contributed by atoms with Crippen LogP contribution in [0, 0.1) is 5.92 Å². The fraction of sp³-hybridized carbons (Fsp3) is 0.800. The Morgan fingerprint density at radius 3 is 3.00 bits per heavy atom. The second kappa shape index (κ2) is 7.76. The van der Waals surface area contributed by atoms with Crippen molar-refractivity contribution in [2.24, 2.45) is 11.7 Å². The van der Waals surface area contributed by atoms with Gasteiger partial charge in [-0.05, 0) is 25.2 Å². The molecule has 20 heavy (non-hydrogen) atoms. The Morgan fingerprint density at radius 1 is 1.50 bits per heavy atom. The number of aromatic nitrogens is 2. The molecule has 0 spiro atoms. The summed E-state index contributed by atoms with van der Waals surface area (Å²) >= 11 is 0. The molecule has 0 aliphatic heterocycles. The fourth-order valence-corrected chi connectivity index (χ4v) is 3.12. The van der Waals surface area contributed by atoms with Crippen molar-refractivity contribution in [2.75, 3.05) is 13.2 Å². The maximum Gasteiger partial charge on any atom is 0.0538 e. The Hall–Kier alpha value is -0.910. The zero-order valence-electron chi connectivity index (χ0n) is 12.5. The molecule has 5 heteroatoms. The molecule has 0 amide bonds. The molecule has 4 N–H and O–H groups in total. The van der Waals surface area contributed by atoms with Crippen LogP contribution in [-0.4, -0.2) is 34.1 Å². The number of aliphatic hydroxyl groups excluding tert-OH is 1. The molecule has 1 fully saturated rings. The largest absolute Gasteiger partial charge is 0.396 e. The van der Waals surface area contributed by atoms with Gasteiger partial charge in [0.15, 0.2) is 0 Å². The molecule has 1 saturated carbocycles. The lowest BCUT2D eigenvalue weighted by Crippen LogP contribution is -2.44. The van der Waals surface area contributed by atoms with Gasteiger partial charge in [0.25, 0.3) is 0 Å². The molecule has 0 radical (unpaired) electrons. The third-order valence-corrected chi connectivity index (χ3v) is 4.30. The van der Waals surface area contributed by atoms with Gasteiger partial charge in [-0.2, -0.15) is 5.10 Å². The second-order valence-corrected chi connectivity index (χ2v) is 5.83. The summed E-state index contributed by atoms with van der Waals surface area (Å²) in [7, 11) is 0. The lowest BCUT2D eigenvalue weighted by molar-refractivity contribution is 0.146. The van der Waals surface area contributed by atoms with Gasteiger partial charge in [-0.1, -0.05) is 19.8 Å². The average molecular weight is 280 g/mol. The average Bonchev–Trinajstić information content (AvgIpc) is 2.94. The van der Waals surface area contributed by atoms with Gasteiger partial charge in [0.1, 0.15) is 0 Å². The summed E-state index contributed by atoms with van der Waals surface area (Å²) in [6.45, 7) is 3.92. The van der Waals surface area contributed by atoms with Crippen molar-refractivity contribution in [3.63, 3.8) is 0 Å². The molecule has 1 aliphatic carbocycles. The van der Waals surface area contributed by atoms with Crippen LogP contribution in [0.2, 0.25) is 0 Å². The second-order valence-electron chi connectivity index (χ2n) is 5.83. The number of rotatable bonds is 7. The summed E-state index contributed by atoms with van der Waals surface area (Å²) in [4.78, 5) is 0. The van der Waals surface area contributed by atoms with Crippen LogP contribution >= 0.6 is 0 Å². The zero-order chi connectivity index (χ0) is 14.4. The van der Waals surface area contributed by atoms with Crippen molar-refractivity contribution in [2.45, 2.75) is 57.7 Å². The molecule has 1 heterocycles. The van der Waals surface area contributed by atoms with Crippen LogP contribution in [0.5, 0.6) is 0 Å². The highest BCUT2D eigenvalue weighted by molar-refractivity contribution is 5.11. The van der Waals surface area contributed by atoms with E-state index >= 15 is 0 Å². The van der Waals surface area contributed by atoms with Gasteiger partial charge in [0.2, 0.25) is 0 Å². The van der Waals surface area contributed by atoms with E-state index in [0.29, 0.717) is 18.5 Å². The van der Waals surface area contributed by atoms with Crippen molar-refractivity contribution in [1.82, 2.24) is 15.1 Å². The highest BCUT2D eigenvalue weighted by atomic mass is 16.3. The lowest BCUT2D eigenvalue weighted by Gasteiger charge is -2.33. The smallest absolute Gasteiger partial charge is 0.0538 e. The van der Waals surface area contributed by atoms with Crippen LogP contribution in [-0.2, 0) is 6.54 Å². The predicted octanol–water partition coefficient (Wildman–Crippen LogP) is 1.43. The SMILES string of the molecule is CCCn1cc(C(CN)NC2CCCCC2CO)cn1. The Balaban J connectivity index is 1.99. The van der Waals surface area contributed by atoms with Crippen LogP contribution in [0.4, 0.5) is 0 Å². The van der Waals surface area contributed by atoms with E-state index in [1.54, 1.807) is 0 Å². The van der Waals surface area contributed by atoms with Gasteiger partial charge in [-0.3, -0.25) is 4.68 Å². The molecule has 0 saturated heterocycles. The van der Waals surface area contributed by atoms with E-state index in [-0.39, 0.29) is 12.6 Å². The number of hydrogen-bond donors (Lipinski definition) is 3. The number of nitrogens with zero attached hydrogens (tertiary/aromatic N) is 2. The summed E-state index contributed by atoms with van der Waals surface area (Å²) in [5.74, 6) is 0.364. The highest BCUT2D eigenvalue weighted by Gasteiger charge is 2.27. The first kappa shape index (κ1) is 15.5. The van der Waals surface area contributed by atoms with E-state index in [4.69, 9.17) is 5.73 Å². The van der Waals surface area contributed by atoms with E-state index in [2.05, 4.69) is 23.5 Å². The molecular formula is C15H28N4O. The number of nitrogens with two attached hydrogens (primary N) is 1. The summed E-state index contributed by atoms with van der Waals surface area (Å²) in [5.41, 5.74) is 7.09. The first-order valence-corrected chi connectivity index (χ1v) is 7.87. The summed E-state index contributed by atoms with van der Waals surface area (Å²) in [5, 5.41) is 17.5. The third kappa shape index (κ3) is 3.81. The van der Waals surface area contributed by atoms with Gasteiger partial charge in [0, 0.05) is 43.5 Å². The van der Waals surface area contributed by atoms with E-state index in [1.165, 1.54) is 12.8 Å². The minimum Gasteiger partial charge on any atom is -0.396 e. The molecular weight excluding hydrogens is 252 g/mol. The number of aryl methyl sites for hydroxylation is 1. The van der Waals surface area contributed by atoms with Gasteiger partial charge in [-0.25, -0.2) is 0 Å². The highest BCUT2D eigenvalue weighted by Crippen LogP contribution is 2.26. The van der Waals surface area contributed by atoms with Crippen molar-refractivity contribution in [3.05, 3.63) is 18.0 Å². The third-order valence-electron chi connectivity index (χ3n) is 4.30. The standard InChI is InChI=1S/C15H28N4O/c1-2-7-19-10-13(9-17-19)15(8-16)18-14-6-4-3-5-12(14)11-20/h9-10,12,14-15,18,20H,2-8,11,16H2,1H3. The summed E-state index contributed by atoms with van der Waals surface area (Å²) in [6, 6.07) is 0.509. The molecule has 2 rings (SSSR count). The van der Waals surface area contributed by atoms with E-state index in [0.717, 1.165) is 31.4 Å². The van der Waals surface area contributed by atoms with Crippen LogP contribution in [0.3, 0.4) is 0 Å². The van der Waals surface area contributed by atoms with Crippen molar-refractivity contribution in [1.29, 1.82) is 0 Å². The first-order valence-electron chi connectivity index (χ1n) is 7.87. The Bertz CT molecular complexity index is 393. The Morgan fingerprint density at radius 2 is 2.30 bits per heavy atom. The molecule has 5 nitrogen and oxygen atoms in total. The predicted molar refractivity (Wildman–Crippen MR) is 80.3 cm³/mol. The van der Waals surface area contributed by atoms with Crippen molar-refractivity contribution < 1.29 is 5.11 Å². The minimum atomic E-state index is 0.137. The zero-order valence-corrected chi connectivity index (χ0v) is 12.5. The molecule has 0 aromatic carbocycles. The van der Waals surface area contributed by atoms with E-state index < -0.39 is 0 Å². The van der Waals surface area contributed by atoms with Crippen LogP contribution in [0.25, 0.3) is 0 Å². The Kier molecular flexibility index (Phi) is 6.01. The van der Waals surface area contributed by atoms with Crippen LogP contribution < -0.4 is 11.1 Å². The fourth-order valence-electron chi connectivity index (χ4n) is 3.12. The van der Waals surface area contributed by atoms with E-state index in [1.807, 2.05) is 10.9 Å². The first-order chi connectivity index (χ1) is 9.78. The maximum absolute atomic E-state index is 9.50. The minimum absolute atomic E-state index is 0.137. The quantitative estimate of drug-likeness (QED) is 0.706. The molecule has 3 atom stereocenters. The molecule has 1 aliphatic rings. The van der Waals surface area contributed by atoms with Gasteiger partial charge >= 0.3 is 0 Å². The topological polar surface area (TPSA) is 76.1 Å².